The van der Waals surface area contributed by atoms with E-state index in [-0.39, 0.29) is 11.3 Å². The first-order valence-electron chi connectivity index (χ1n) is 6.38. The van der Waals surface area contributed by atoms with E-state index in [1.54, 1.807) is 6.20 Å². The van der Waals surface area contributed by atoms with E-state index >= 15 is 0 Å². The van der Waals surface area contributed by atoms with E-state index in [0.29, 0.717) is 6.54 Å². The Hall–Kier alpha value is -0.920. The first-order valence-corrected chi connectivity index (χ1v) is 7.93. The summed E-state index contributed by atoms with van der Waals surface area (Å²) in [6, 6.07) is 2.23. The molecule has 1 fully saturated rings. The molecule has 0 spiro atoms. The minimum atomic E-state index is -3.05. The molecule has 18 heavy (non-hydrogen) atoms. The van der Waals surface area contributed by atoms with Gasteiger partial charge in [0.05, 0.1) is 17.0 Å². The van der Waals surface area contributed by atoms with Gasteiger partial charge in [0.1, 0.15) is 0 Å². The van der Waals surface area contributed by atoms with Gasteiger partial charge in [-0.15, -0.1) is 0 Å². The lowest BCUT2D eigenvalue weighted by Crippen LogP contribution is -2.36. The maximum absolute atomic E-state index is 11.7. The average molecular weight is 270 g/mol. The van der Waals surface area contributed by atoms with Crippen LogP contribution >= 0.6 is 0 Å². The molecule has 3 rings (SSSR count). The molecule has 2 aliphatic rings. The molecule has 1 aliphatic carbocycles. The van der Waals surface area contributed by atoms with Crippen molar-refractivity contribution in [2.45, 2.75) is 37.1 Å². The maximum atomic E-state index is 11.7. The Morgan fingerprint density at radius 1 is 1.50 bits per heavy atom. The topological polar surface area (TPSA) is 76.0 Å². The second-order valence-electron chi connectivity index (χ2n) is 4.98. The first kappa shape index (κ1) is 12.1. The molecule has 2 N–H and O–H groups in total. The smallest absolute Gasteiger partial charge is 0.214 e. The second kappa shape index (κ2) is 4.64. The Bertz CT molecular complexity index is 521. The van der Waals surface area contributed by atoms with Crippen molar-refractivity contribution in [3.63, 3.8) is 0 Å². The minimum Gasteiger partial charge on any atom is -0.309 e. The van der Waals surface area contributed by atoms with Crippen molar-refractivity contribution in [3.8, 4) is 0 Å². The number of nitrogens with zero attached hydrogens (tertiary/aromatic N) is 2. The molecule has 0 unspecified atom stereocenters. The monoisotopic (exact) mass is 270 g/mol. The normalized spacial score (nSPS) is 23.9. The zero-order valence-corrected chi connectivity index (χ0v) is 11.0. The number of hydrogen-bond donors (Lipinski definition) is 2. The highest BCUT2D eigenvalue weighted by atomic mass is 32.2. The van der Waals surface area contributed by atoms with E-state index in [1.807, 2.05) is 10.7 Å². The molecule has 0 radical (unpaired) electrons. The number of hydrogen-bond acceptors (Lipinski definition) is 4. The summed E-state index contributed by atoms with van der Waals surface area (Å²) in [7, 11) is -3.05. The third-order valence-electron chi connectivity index (χ3n) is 3.53. The van der Waals surface area contributed by atoms with Crippen LogP contribution in [0.1, 0.15) is 31.0 Å². The molecule has 0 bridgehead atoms. The van der Waals surface area contributed by atoms with Gasteiger partial charge in [0.2, 0.25) is 10.0 Å². The van der Waals surface area contributed by atoms with Crippen LogP contribution in [0.2, 0.25) is 0 Å². The molecule has 0 aromatic carbocycles. The van der Waals surface area contributed by atoms with Crippen molar-refractivity contribution in [1.82, 2.24) is 19.8 Å². The Morgan fingerprint density at radius 3 is 3.11 bits per heavy atom. The fourth-order valence-electron chi connectivity index (χ4n) is 2.35. The Balaban J connectivity index is 1.55. The van der Waals surface area contributed by atoms with E-state index in [9.17, 15) is 8.42 Å². The molecule has 0 amide bonds. The van der Waals surface area contributed by atoms with Gasteiger partial charge in [-0.3, -0.25) is 4.68 Å². The van der Waals surface area contributed by atoms with E-state index in [4.69, 9.17) is 0 Å². The molecule has 6 nitrogen and oxygen atoms in total. The van der Waals surface area contributed by atoms with Gasteiger partial charge in [0.25, 0.3) is 0 Å². The average Bonchev–Trinajstić information content (AvgIpc) is 3.09. The summed E-state index contributed by atoms with van der Waals surface area (Å²) in [4.78, 5) is 0. The Morgan fingerprint density at radius 2 is 2.33 bits per heavy atom. The van der Waals surface area contributed by atoms with E-state index in [2.05, 4.69) is 15.1 Å². The van der Waals surface area contributed by atoms with Crippen molar-refractivity contribution in [2.75, 3.05) is 13.1 Å². The highest BCUT2D eigenvalue weighted by Gasteiger charge is 2.35. The van der Waals surface area contributed by atoms with Crippen LogP contribution in [0.15, 0.2) is 12.3 Å². The van der Waals surface area contributed by atoms with Crippen molar-refractivity contribution < 1.29 is 8.42 Å². The van der Waals surface area contributed by atoms with Crippen LogP contribution in [0, 0.1) is 0 Å². The predicted octanol–water partition coefficient (Wildman–Crippen LogP) is -0.000700. The van der Waals surface area contributed by atoms with Gasteiger partial charge in [-0.05, 0) is 25.3 Å². The van der Waals surface area contributed by atoms with Gasteiger partial charge in [-0.25, -0.2) is 13.1 Å². The number of fused-ring (bicyclic) bond motifs is 1. The number of aromatic nitrogens is 2. The van der Waals surface area contributed by atoms with E-state index in [0.717, 1.165) is 38.0 Å². The summed E-state index contributed by atoms with van der Waals surface area (Å²) in [6.45, 7) is 2.18. The summed E-state index contributed by atoms with van der Waals surface area (Å²) >= 11 is 0. The summed E-state index contributed by atoms with van der Waals surface area (Å²) in [5, 5.41) is 7.49. The third kappa shape index (κ3) is 2.43. The van der Waals surface area contributed by atoms with E-state index in [1.165, 1.54) is 0 Å². The maximum Gasteiger partial charge on any atom is 0.214 e. The Kier molecular flexibility index (Phi) is 3.13. The van der Waals surface area contributed by atoms with Crippen molar-refractivity contribution in [3.05, 3.63) is 18.0 Å². The highest BCUT2D eigenvalue weighted by molar-refractivity contribution is 7.90. The largest absolute Gasteiger partial charge is 0.309 e. The zero-order chi connectivity index (χ0) is 12.6. The van der Waals surface area contributed by atoms with Gasteiger partial charge in [0.15, 0.2) is 0 Å². The Labute approximate surface area is 107 Å². The van der Waals surface area contributed by atoms with Gasteiger partial charge >= 0.3 is 0 Å². The zero-order valence-electron chi connectivity index (χ0n) is 10.2. The molecule has 1 aliphatic heterocycles. The fraction of sp³-hybridized carbons (Fsp3) is 0.727. The van der Waals surface area contributed by atoms with E-state index < -0.39 is 10.0 Å². The summed E-state index contributed by atoms with van der Waals surface area (Å²) < 4.78 is 28.1. The van der Waals surface area contributed by atoms with Crippen LogP contribution in [-0.2, 0) is 16.6 Å². The summed E-state index contributed by atoms with van der Waals surface area (Å²) in [5.41, 5.74) is 1.16. The number of rotatable bonds is 5. The standard InChI is InChI=1S/C11H18N4O2S/c16-18(17,11-1-2-11)14-6-4-10-8-12-7-9-3-5-13-15(9)10/h3,5,10-12,14H,1-2,4,6-8H2/t10-/m0/s1. The molecule has 1 saturated carbocycles. The second-order valence-corrected chi connectivity index (χ2v) is 7.02. The molecule has 1 aromatic rings. The van der Waals surface area contributed by atoms with Crippen LogP contribution in [0.5, 0.6) is 0 Å². The molecule has 100 valence electrons. The summed E-state index contributed by atoms with van der Waals surface area (Å²) in [6.07, 6.45) is 4.19. The van der Waals surface area contributed by atoms with Crippen molar-refractivity contribution in [1.29, 1.82) is 0 Å². The number of nitrogens with one attached hydrogen (secondary N) is 2. The van der Waals surface area contributed by atoms with Gasteiger partial charge in [-0.2, -0.15) is 5.10 Å². The minimum absolute atomic E-state index is 0.137. The lowest BCUT2D eigenvalue weighted by atomic mass is 10.1. The van der Waals surface area contributed by atoms with Gasteiger partial charge < -0.3 is 5.32 Å². The molecular weight excluding hydrogens is 252 g/mol. The molecule has 2 heterocycles. The lowest BCUT2D eigenvalue weighted by Gasteiger charge is -2.25. The van der Waals surface area contributed by atoms with Crippen molar-refractivity contribution >= 4 is 10.0 Å². The van der Waals surface area contributed by atoms with Crippen LogP contribution in [-0.4, -0.2) is 36.5 Å². The van der Waals surface area contributed by atoms with Gasteiger partial charge in [0, 0.05) is 25.8 Å². The third-order valence-corrected chi connectivity index (χ3v) is 5.48. The van der Waals surface area contributed by atoms with Crippen LogP contribution in [0.4, 0.5) is 0 Å². The van der Waals surface area contributed by atoms with Crippen LogP contribution < -0.4 is 10.0 Å². The predicted molar refractivity (Wildman–Crippen MR) is 67.5 cm³/mol. The first-order chi connectivity index (χ1) is 8.67. The fourth-order valence-corrected chi connectivity index (χ4v) is 3.75. The molecular formula is C11H18N4O2S. The quantitative estimate of drug-likeness (QED) is 0.789. The highest BCUT2D eigenvalue weighted by Crippen LogP contribution is 2.27. The molecule has 0 saturated heterocycles. The molecule has 1 aromatic heterocycles. The molecule has 7 heteroatoms. The lowest BCUT2D eigenvalue weighted by molar-refractivity contribution is 0.349. The summed E-state index contributed by atoms with van der Waals surface area (Å²) in [5.74, 6) is 0. The SMILES string of the molecule is O=S(=O)(NCC[C@H]1CNCc2ccnn21)C1CC1. The van der Waals surface area contributed by atoms with Crippen molar-refractivity contribution in [2.24, 2.45) is 0 Å². The van der Waals surface area contributed by atoms with Crippen LogP contribution in [0.3, 0.4) is 0 Å². The number of sulfonamides is 1. The van der Waals surface area contributed by atoms with Crippen LogP contribution in [0.25, 0.3) is 0 Å². The van der Waals surface area contributed by atoms with Gasteiger partial charge in [-0.1, -0.05) is 0 Å². The molecule has 1 atom stereocenters.